The number of nitriles is 1. The number of nitrogens with zero attached hydrogens (tertiary/aromatic N) is 1. The van der Waals surface area contributed by atoms with E-state index in [0.717, 1.165) is 0 Å². The fraction of sp³-hybridized carbons (Fsp3) is 0.0833. The van der Waals surface area contributed by atoms with Gasteiger partial charge in [-0.2, -0.15) is 5.26 Å². The summed E-state index contributed by atoms with van der Waals surface area (Å²) >= 11 is 0. The molecule has 6 nitrogen and oxygen atoms in total. The van der Waals surface area contributed by atoms with Crippen molar-refractivity contribution in [3.63, 3.8) is 0 Å². The summed E-state index contributed by atoms with van der Waals surface area (Å²) in [7, 11) is 1.53. The molecular weight excluding hydrogens is 234 g/mol. The largest absolute Gasteiger partial charge is 0.497 e. The second-order valence-corrected chi connectivity index (χ2v) is 3.26. The van der Waals surface area contributed by atoms with Gasteiger partial charge in [0.1, 0.15) is 17.4 Å². The number of hydrogen-bond donors (Lipinski definition) is 2. The molecule has 0 radical (unpaired) electrons. The molecule has 0 bridgehead atoms. The summed E-state index contributed by atoms with van der Waals surface area (Å²) in [6.45, 7) is 0. The quantitative estimate of drug-likeness (QED) is 0.606. The van der Waals surface area contributed by atoms with Crippen LogP contribution in [0.2, 0.25) is 0 Å². The van der Waals surface area contributed by atoms with Gasteiger partial charge in [-0.1, -0.05) is 12.1 Å². The van der Waals surface area contributed by atoms with Gasteiger partial charge in [-0.15, -0.1) is 0 Å². The van der Waals surface area contributed by atoms with E-state index < -0.39 is 11.9 Å². The fourth-order valence-electron chi connectivity index (χ4n) is 1.19. The van der Waals surface area contributed by atoms with Gasteiger partial charge in [0.2, 0.25) is 0 Å². The van der Waals surface area contributed by atoms with Crippen molar-refractivity contribution in [2.75, 3.05) is 7.11 Å². The first-order chi connectivity index (χ1) is 8.56. The van der Waals surface area contributed by atoms with Crippen LogP contribution in [0, 0.1) is 11.3 Å². The van der Waals surface area contributed by atoms with Crippen molar-refractivity contribution in [3.05, 3.63) is 35.4 Å². The maximum absolute atomic E-state index is 11.4. The average Bonchev–Trinajstić information content (AvgIpc) is 2.35. The fourth-order valence-corrected chi connectivity index (χ4v) is 1.19. The highest BCUT2D eigenvalue weighted by Gasteiger charge is 2.10. The van der Waals surface area contributed by atoms with Gasteiger partial charge in [-0.3, -0.25) is 10.1 Å². The van der Waals surface area contributed by atoms with E-state index in [9.17, 15) is 9.59 Å². The van der Waals surface area contributed by atoms with Crippen LogP contribution in [0.3, 0.4) is 0 Å². The Labute approximate surface area is 104 Å². The normalized spacial score (nSPS) is 10.3. The van der Waals surface area contributed by atoms with E-state index in [2.05, 4.69) is 0 Å². The predicted octanol–water partition coefficient (Wildman–Crippen LogP) is 0.797. The van der Waals surface area contributed by atoms with Crippen molar-refractivity contribution in [1.82, 2.24) is 5.32 Å². The number of carbonyl (C=O) groups excluding carboxylic acids is 2. The molecule has 18 heavy (non-hydrogen) atoms. The molecule has 0 unspecified atom stereocenters. The third-order valence-electron chi connectivity index (χ3n) is 2.03. The lowest BCUT2D eigenvalue weighted by atomic mass is 10.1. The molecule has 3 amide bonds. The number of amides is 3. The van der Waals surface area contributed by atoms with E-state index in [4.69, 9.17) is 15.7 Å². The van der Waals surface area contributed by atoms with Crippen molar-refractivity contribution < 1.29 is 14.3 Å². The van der Waals surface area contributed by atoms with Gasteiger partial charge < -0.3 is 10.5 Å². The lowest BCUT2D eigenvalue weighted by Crippen LogP contribution is -2.35. The van der Waals surface area contributed by atoms with Gasteiger partial charge >= 0.3 is 6.03 Å². The molecule has 0 aliphatic carbocycles. The minimum absolute atomic E-state index is 0.209. The predicted molar refractivity (Wildman–Crippen MR) is 64.3 cm³/mol. The molecule has 0 saturated heterocycles. The van der Waals surface area contributed by atoms with Crippen molar-refractivity contribution in [1.29, 1.82) is 5.26 Å². The summed E-state index contributed by atoms with van der Waals surface area (Å²) in [4.78, 5) is 21.9. The number of benzene rings is 1. The van der Waals surface area contributed by atoms with E-state index in [1.54, 1.807) is 30.3 Å². The Hall–Kier alpha value is -2.81. The summed E-state index contributed by atoms with van der Waals surface area (Å²) < 4.78 is 4.97. The third-order valence-corrected chi connectivity index (χ3v) is 2.03. The number of urea groups is 1. The number of nitrogens with one attached hydrogen (secondary N) is 1. The molecule has 1 aromatic carbocycles. The number of rotatable bonds is 3. The minimum Gasteiger partial charge on any atom is -0.497 e. The third kappa shape index (κ3) is 3.64. The van der Waals surface area contributed by atoms with Crippen LogP contribution in [-0.4, -0.2) is 19.0 Å². The minimum atomic E-state index is -1.00. The van der Waals surface area contributed by atoms with E-state index >= 15 is 0 Å². The summed E-state index contributed by atoms with van der Waals surface area (Å²) in [5.41, 5.74) is 5.22. The van der Waals surface area contributed by atoms with Gasteiger partial charge in [0.25, 0.3) is 5.91 Å². The summed E-state index contributed by atoms with van der Waals surface area (Å²) in [5, 5.41) is 10.6. The van der Waals surface area contributed by atoms with Crippen molar-refractivity contribution >= 4 is 18.0 Å². The van der Waals surface area contributed by atoms with Crippen LogP contribution in [0.15, 0.2) is 29.8 Å². The Kier molecular flexibility index (Phi) is 4.46. The van der Waals surface area contributed by atoms with Crippen molar-refractivity contribution in [3.8, 4) is 11.8 Å². The summed E-state index contributed by atoms with van der Waals surface area (Å²) in [6.07, 6.45) is 1.34. The van der Waals surface area contributed by atoms with E-state index in [1.165, 1.54) is 13.2 Å². The second kappa shape index (κ2) is 6.06. The van der Waals surface area contributed by atoms with Crippen molar-refractivity contribution in [2.45, 2.75) is 0 Å². The first-order valence-corrected chi connectivity index (χ1v) is 4.93. The highest BCUT2D eigenvalue weighted by Crippen LogP contribution is 2.13. The molecule has 1 aromatic rings. The zero-order valence-corrected chi connectivity index (χ0v) is 9.64. The molecule has 0 spiro atoms. The maximum Gasteiger partial charge on any atom is 0.319 e. The van der Waals surface area contributed by atoms with Crippen LogP contribution in [0.25, 0.3) is 6.08 Å². The Morgan fingerprint density at radius 1 is 1.39 bits per heavy atom. The molecule has 0 aliphatic heterocycles. The lowest BCUT2D eigenvalue weighted by Gasteiger charge is -2.01. The zero-order chi connectivity index (χ0) is 13.5. The molecule has 1 rings (SSSR count). The molecule has 0 aliphatic rings. The number of hydrogen-bond acceptors (Lipinski definition) is 4. The van der Waals surface area contributed by atoms with Crippen LogP contribution < -0.4 is 15.8 Å². The molecular formula is C12H11N3O3. The highest BCUT2D eigenvalue weighted by atomic mass is 16.5. The molecule has 0 atom stereocenters. The van der Waals surface area contributed by atoms with Crippen LogP contribution in [0.1, 0.15) is 5.56 Å². The summed E-state index contributed by atoms with van der Waals surface area (Å²) in [6, 6.07) is 7.41. The van der Waals surface area contributed by atoms with Crippen molar-refractivity contribution in [2.24, 2.45) is 5.73 Å². The number of ether oxygens (including phenoxy) is 1. The lowest BCUT2D eigenvalue weighted by molar-refractivity contribution is -0.115. The maximum atomic E-state index is 11.4. The Morgan fingerprint density at radius 3 is 2.44 bits per heavy atom. The van der Waals surface area contributed by atoms with E-state index in [-0.39, 0.29) is 5.57 Å². The zero-order valence-electron chi connectivity index (χ0n) is 9.64. The Balaban J connectivity index is 2.93. The molecule has 0 aromatic heterocycles. The molecule has 92 valence electrons. The number of nitrogens with two attached hydrogens (primary N) is 1. The van der Waals surface area contributed by atoms with Crippen LogP contribution in [0.5, 0.6) is 5.75 Å². The van der Waals surface area contributed by atoms with Gasteiger partial charge in [-0.05, 0) is 23.8 Å². The Bertz CT molecular complexity index is 526. The summed E-state index contributed by atoms with van der Waals surface area (Å²) in [5.74, 6) is -0.173. The monoisotopic (exact) mass is 245 g/mol. The van der Waals surface area contributed by atoms with Crippen LogP contribution in [0.4, 0.5) is 4.79 Å². The molecule has 6 heteroatoms. The van der Waals surface area contributed by atoms with Gasteiger partial charge in [0.05, 0.1) is 7.11 Å². The number of methoxy groups -OCH3 is 1. The molecule has 3 N–H and O–H groups in total. The van der Waals surface area contributed by atoms with Gasteiger partial charge in [0.15, 0.2) is 0 Å². The van der Waals surface area contributed by atoms with Gasteiger partial charge in [0, 0.05) is 0 Å². The Morgan fingerprint density at radius 2 is 2.00 bits per heavy atom. The first-order valence-electron chi connectivity index (χ1n) is 4.93. The molecule has 0 heterocycles. The second-order valence-electron chi connectivity index (χ2n) is 3.26. The standard InChI is InChI=1S/C12H11N3O3/c1-18-10-4-2-8(3-5-10)6-9(7-13)11(16)15-12(14)17/h2-6H,1H3,(H3,14,15,16,17)/b9-6-. The first kappa shape index (κ1) is 13.3. The smallest absolute Gasteiger partial charge is 0.319 e. The van der Waals surface area contributed by atoms with Gasteiger partial charge in [-0.25, -0.2) is 4.79 Å². The molecule has 0 fully saturated rings. The number of imide groups is 1. The average molecular weight is 245 g/mol. The SMILES string of the molecule is COc1ccc(/C=C(/C#N)C(=O)NC(N)=O)cc1. The van der Waals surface area contributed by atoms with E-state index in [0.29, 0.717) is 11.3 Å². The highest BCUT2D eigenvalue weighted by molar-refractivity contribution is 6.08. The number of primary amides is 1. The van der Waals surface area contributed by atoms with Crippen LogP contribution >= 0.6 is 0 Å². The molecule has 0 saturated carbocycles. The van der Waals surface area contributed by atoms with E-state index in [1.807, 2.05) is 5.32 Å². The van der Waals surface area contributed by atoms with Crippen LogP contribution in [-0.2, 0) is 4.79 Å². The number of carbonyl (C=O) groups is 2. The topological polar surface area (TPSA) is 105 Å².